The fourth-order valence-electron chi connectivity index (χ4n) is 3.58. The molecule has 3 aromatic carbocycles. The van der Waals surface area contributed by atoms with Gasteiger partial charge in [-0.25, -0.2) is 0 Å². The number of aldehydes is 2. The van der Waals surface area contributed by atoms with Crippen molar-refractivity contribution in [1.82, 2.24) is 0 Å². The molecule has 0 heterocycles. The van der Waals surface area contributed by atoms with Gasteiger partial charge in [0.25, 0.3) is 0 Å². The minimum atomic E-state index is 0.565. The predicted octanol–water partition coefficient (Wildman–Crippen LogP) is 7.64. The lowest BCUT2D eigenvalue weighted by Crippen LogP contribution is -2.01. The average Bonchev–Trinajstić information content (AvgIpc) is 2.85. The van der Waals surface area contributed by atoms with Gasteiger partial charge in [-0.2, -0.15) is 0 Å². The monoisotopic (exact) mass is 586 g/mol. The maximum atomic E-state index is 11.2. The highest BCUT2D eigenvalue weighted by Crippen LogP contribution is 2.23. The minimum Gasteiger partial charge on any atom is -0.493 e. The molecule has 0 saturated carbocycles. The number of unbranched alkanes of at least 4 members (excludes halogenated alkanes) is 2. The van der Waals surface area contributed by atoms with E-state index in [9.17, 15) is 9.59 Å². The van der Waals surface area contributed by atoms with Crippen molar-refractivity contribution in [3.8, 4) is 11.5 Å². The van der Waals surface area contributed by atoms with E-state index in [1.54, 1.807) is 12.1 Å². The highest BCUT2D eigenvalue weighted by Gasteiger charge is 2.05. The zero-order valence-electron chi connectivity index (χ0n) is 19.0. The molecule has 178 valence electrons. The Labute approximate surface area is 217 Å². The summed E-state index contributed by atoms with van der Waals surface area (Å²) in [5, 5.41) is 0. The van der Waals surface area contributed by atoms with Crippen LogP contribution in [-0.2, 0) is 12.8 Å². The van der Waals surface area contributed by atoms with Crippen molar-refractivity contribution >= 4 is 44.4 Å². The maximum absolute atomic E-state index is 11.2. The van der Waals surface area contributed by atoms with Crippen LogP contribution in [0.25, 0.3) is 0 Å². The van der Waals surface area contributed by atoms with Crippen LogP contribution in [0.4, 0.5) is 0 Å². The van der Waals surface area contributed by atoms with E-state index < -0.39 is 0 Å². The number of rotatable bonds is 14. The Kier molecular flexibility index (Phi) is 10.8. The zero-order chi connectivity index (χ0) is 24.2. The summed E-state index contributed by atoms with van der Waals surface area (Å²) in [4.78, 5) is 22.3. The van der Waals surface area contributed by atoms with Crippen molar-refractivity contribution in [3.63, 3.8) is 0 Å². The van der Waals surface area contributed by atoms with Crippen LogP contribution in [0.15, 0.2) is 69.6 Å². The Morgan fingerprint density at radius 3 is 1.38 bits per heavy atom. The zero-order valence-corrected chi connectivity index (χ0v) is 22.1. The number of hydrogen-bond donors (Lipinski definition) is 0. The Morgan fingerprint density at radius 2 is 1.00 bits per heavy atom. The fraction of sp³-hybridized carbons (Fsp3) is 0.286. The van der Waals surface area contributed by atoms with E-state index >= 15 is 0 Å². The summed E-state index contributed by atoms with van der Waals surface area (Å²) in [7, 11) is 0. The lowest BCUT2D eigenvalue weighted by Gasteiger charge is -2.09. The molecule has 0 aromatic heterocycles. The first-order valence-corrected chi connectivity index (χ1v) is 13.0. The third kappa shape index (κ3) is 8.41. The summed E-state index contributed by atoms with van der Waals surface area (Å²) in [6, 6.07) is 19.7. The molecule has 0 amide bonds. The topological polar surface area (TPSA) is 52.6 Å². The van der Waals surface area contributed by atoms with Gasteiger partial charge in [0.05, 0.1) is 24.3 Å². The second-order valence-electron chi connectivity index (χ2n) is 8.03. The van der Waals surface area contributed by atoms with Gasteiger partial charge >= 0.3 is 0 Å². The minimum absolute atomic E-state index is 0.565. The lowest BCUT2D eigenvalue weighted by atomic mass is 10.0. The number of ether oxygens (including phenoxy) is 2. The second kappa shape index (κ2) is 14.1. The van der Waals surface area contributed by atoms with Crippen LogP contribution in [-0.4, -0.2) is 25.8 Å². The molecule has 34 heavy (non-hydrogen) atoms. The van der Waals surface area contributed by atoms with Crippen LogP contribution >= 0.6 is 31.9 Å². The molecule has 4 nitrogen and oxygen atoms in total. The van der Waals surface area contributed by atoms with E-state index in [-0.39, 0.29) is 0 Å². The van der Waals surface area contributed by atoms with Crippen molar-refractivity contribution in [3.05, 3.63) is 91.9 Å². The van der Waals surface area contributed by atoms with E-state index in [1.165, 1.54) is 11.1 Å². The lowest BCUT2D eigenvalue weighted by molar-refractivity contribution is 0.111. The highest BCUT2D eigenvalue weighted by atomic mass is 79.9. The highest BCUT2D eigenvalue weighted by molar-refractivity contribution is 9.10. The van der Waals surface area contributed by atoms with Gasteiger partial charge in [0.2, 0.25) is 0 Å². The summed E-state index contributed by atoms with van der Waals surface area (Å²) in [5.74, 6) is 1.27. The van der Waals surface area contributed by atoms with Crippen molar-refractivity contribution in [2.45, 2.75) is 38.5 Å². The molecule has 3 aromatic rings. The van der Waals surface area contributed by atoms with E-state index in [0.717, 1.165) is 60.0 Å². The number of carbonyl (C=O) groups is 2. The van der Waals surface area contributed by atoms with Gasteiger partial charge in [0.1, 0.15) is 11.5 Å². The summed E-state index contributed by atoms with van der Waals surface area (Å²) in [6.07, 6.45) is 7.57. The summed E-state index contributed by atoms with van der Waals surface area (Å²) < 4.78 is 13.3. The Morgan fingerprint density at radius 1 is 0.588 bits per heavy atom. The SMILES string of the molecule is O=Cc1cc(Br)ccc1OCCCCc1ccc(CCCCOc2ccc(Br)cc2C=O)cc1. The third-order valence-electron chi connectivity index (χ3n) is 5.46. The van der Waals surface area contributed by atoms with Gasteiger partial charge < -0.3 is 9.47 Å². The fourth-order valence-corrected chi connectivity index (χ4v) is 4.34. The summed E-state index contributed by atoms with van der Waals surface area (Å²) in [6.45, 7) is 1.19. The van der Waals surface area contributed by atoms with Crippen molar-refractivity contribution < 1.29 is 19.1 Å². The molecule has 0 spiro atoms. The van der Waals surface area contributed by atoms with Gasteiger partial charge in [-0.05, 0) is 86.1 Å². The van der Waals surface area contributed by atoms with Crippen LogP contribution in [0.2, 0.25) is 0 Å². The molecule has 3 rings (SSSR count). The predicted molar refractivity (Wildman–Crippen MR) is 142 cm³/mol. The van der Waals surface area contributed by atoms with E-state index in [0.29, 0.717) is 35.8 Å². The maximum Gasteiger partial charge on any atom is 0.153 e. The van der Waals surface area contributed by atoms with Gasteiger partial charge in [-0.1, -0.05) is 56.1 Å². The van der Waals surface area contributed by atoms with Gasteiger partial charge in [-0.15, -0.1) is 0 Å². The standard InChI is InChI=1S/C28H28Br2O4/c29-25-11-13-27(23(17-25)19-31)33-15-3-1-5-21-7-9-22(10-8-21)6-2-4-16-34-28-14-12-26(30)18-24(28)20-32/h7-14,17-20H,1-6,15-16H2. The first-order chi connectivity index (χ1) is 16.6. The van der Waals surface area contributed by atoms with E-state index in [1.807, 2.05) is 24.3 Å². The Hall–Kier alpha value is -2.44. The van der Waals surface area contributed by atoms with Gasteiger partial charge in [0, 0.05) is 8.95 Å². The molecule has 0 unspecified atom stereocenters. The number of benzene rings is 3. The normalized spacial score (nSPS) is 10.6. The molecule has 6 heteroatoms. The van der Waals surface area contributed by atoms with Crippen molar-refractivity contribution in [2.75, 3.05) is 13.2 Å². The summed E-state index contributed by atoms with van der Waals surface area (Å²) >= 11 is 6.73. The van der Waals surface area contributed by atoms with E-state index in [2.05, 4.69) is 56.1 Å². The van der Waals surface area contributed by atoms with Gasteiger partial charge in [0.15, 0.2) is 12.6 Å². The summed E-state index contributed by atoms with van der Waals surface area (Å²) in [5.41, 5.74) is 3.77. The molecular weight excluding hydrogens is 560 g/mol. The molecule has 0 radical (unpaired) electrons. The number of aryl methyl sites for hydroxylation is 2. The van der Waals surface area contributed by atoms with Crippen molar-refractivity contribution in [1.29, 1.82) is 0 Å². The first kappa shape index (κ1) is 26.2. The number of halogens is 2. The van der Waals surface area contributed by atoms with Crippen LogP contribution in [0.5, 0.6) is 11.5 Å². The number of hydrogen-bond acceptors (Lipinski definition) is 4. The largest absolute Gasteiger partial charge is 0.493 e. The molecule has 0 aliphatic heterocycles. The van der Waals surface area contributed by atoms with Crippen molar-refractivity contribution in [2.24, 2.45) is 0 Å². The second-order valence-corrected chi connectivity index (χ2v) is 9.86. The molecule has 0 N–H and O–H groups in total. The molecular formula is C28H28Br2O4. The van der Waals surface area contributed by atoms with Crippen LogP contribution < -0.4 is 9.47 Å². The van der Waals surface area contributed by atoms with Crippen LogP contribution in [0.3, 0.4) is 0 Å². The number of carbonyl (C=O) groups excluding carboxylic acids is 2. The molecule has 0 aliphatic carbocycles. The van der Waals surface area contributed by atoms with E-state index in [4.69, 9.17) is 9.47 Å². The van der Waals surface area contributed by atoms with Crippen LogP contribution in [0.1, 0.15) is 57.5 Å². The molecule has 0 fully saturated rings. The molecule has 0 aliphatic rings. The first-order valence-electron chi connectivity index (χ1n) is 11.4. The Bertz CT molecular complexity index is 994. The molecule has 0 saturated heterocycles. The average molecular weight is 588 g/mol. The smallest absolute Gasteiger partial charge is 0.153 e. The third-order valence-corrected chi connectivity index (χ3v) is 6.44. The quantitative estimate of drug-likeness (QED) is 0.144. The Balaban J connectivity index is 1.31. The molecule has 0 bridgehead atoms. The van der Waals surface area contributed by atoms with Gasteiger partial charge in [-0.3, -0.25) is 9.59 Å². The molecule has 0 atom stereocenters. The van der Waals surface area contributed by atoms with Crippen LogP contribution in [0, 0.1) is 0 Å².